The van der Waals surface area contributed by atoms with Gasteiger partial charge in [-0.3, -0.25) is 0 Å². The first-order valence-corrected chi connectivity index (χ1v) is 4.53. The van der Waals surface area contributed by atoms with Crippen LogP contribution in [0.25, 0.3) is 6.08 Å². The third-order valence-electron chi connectivity index (χ3n) is 2.21. The zero-order valence-corrected chi connectivity index (χ0v) is 7.87. The maximum atomic E-state index is 12.8. The van der Waals surface area contributed by atoms with Gasteiger partial charge in [0, 0.05) is 6.42 Å². The molecule has 0 saturated heterocycles. The van der Waals surface area contributed by atoms with Crippen LogP contribution in [0.1, 0.15) is 11.1 Å². The fraction of sp³-hybridized carbons (Fsp3) is 0.182. The van der Waals surface area contributed by atoms with Crippen LogP contribution >= 0.6 is 0 Å². The third kappa shape index (κ3) is 1.98. The van der Waals surface area contributed by atoms with Gasteiger partial charge in [0.05, 0.1) is 6.61 Å². The zero-order valence-electron chi connectivity index (χ0n) is 7.87. The van der Waals surface area contributed by atoms with Gasteiger partial charge in [0.2, 0.25) is 5.83 Å². The second kappa shape index (κ2) is 3.73. The molecular weight excluding hydrogens is 199 g/mol. The molecule has 1 heterocycles. The highest BCUT2D eigenvalue weighted by molar-refractivity contribution is 5.89. The van der Waals surface area contributed by atoms with Crippen molar-refractivity contribution >= 4 is 12.0 Å². The van der Waals surface area contributed by atoms with Gasteiger partial charge in [0.15, 0.2) is 0 Å². The van der Waals surface area contributed by atoms with Crippen LogP contribution in [0, 0.1) is 0 Å². The van der Waals surface area contributed by atoms with E-state index in [0.717, 1.165) is 23.8 Å². The molecule has 0 bridgehead atoms. The van der Waals surface area contributed by atoms with Crippen LogP contribution in [0.3, 0.4) is 0 Å². The average molecular weight is 208 g/mol. The molecule has 0 saturated carbocycles. The molecule has 0 spiro atoms. The molecule has 0 amide bonds. The van der Waals surface area contributed by atoms with Crippen molar-refractivity contribution in [1.82, 2.24) is 0 Å². The Morgan fingerprint density at radius 3 is 3.07 bits per heavy atom. The van der Waals surface area contributed by atoms with E-state index in [0.29, 0.717) is 12.2 Å². The molecule has 0 aliphatic carbocycles. The Morgan fingerprint density at radius 2 is 2.33 bits per heavy atom. The SMILES string of the molecule is O=C(O)/C(F)=C/c1ccc2c(c1)CCO2. The van der Waals surface area contributed by atoms with E-state index in [9.17, 15) is 9.18 Å². The Morgan fingerprint density at radius 1 is 1.53 bits per heavy atom. The molecule has 0 radical (unpaired) electrons. The lowest BCUT2D eigenvalue weighted by Gasteiger charge is -1.99. The summed E-state index contributed by atoms with van der Waals surface area (Å²) >= 11 is 0. The maximum absolute atomic E-state index is 12.8. The van der Waals surface area contributed by atoms with Crippen LogP contribution in [-0.4, -0.2) is 17.7 Å². The minimum Gasteiger partial charge on any atom is -0.493 e. The number of hydrogen-bond acceptors (Lipinski definition) is 2. The van der Waals surface area contributed by atoms with Crippen molar-refractivity contribution in [3.63, 3.8) is 0 Å². The molecule has 1 aromatic carbocycles. The van der Waals surface area contributed by atoms with E-state index >= 15 is 0 Å². The number of benzene rings is 1. The van der Waals surface area contributed by atoms with Gasteiger partial charge in [-0.05, 0) is 29.3 Å². The van der Waals surface area contributed by atoms with Gasteiger partial charge in [-0.1, -0.05) is 6.07 Å². The van der Waals surface area contributed by atoms with E-state index in [1.165, 1.54) is 0 Å². The van der Waals surface area contributed by atoms with Gasteiger partial charge in [-0.2, -0.15) is 4.39 Å². The van der Waals surface area contributed by atoms with Crippen LogP contribution < -0.4 is 4.74 Å². The fourth-order valence-corrected chi connectivity index (χ4v) is 1.50. The molecule has 1 aromatic rings. The van der Waals surface area contributed by atoms with Gasteiger partial charge in [-0.25, -0.2) is 4.79 Å². The number of fused-ring (bicyclic) bond motifs is 1. The van der Waals surface area contributed by atoms with E-state index in [1.807, 2.05) is 0 Å². The Kier molecular flexibility index (Phi) is 2.41. The lowest BCUT2D eigenvalue weighted by molar-refractivity contribution is -0.134. The number of ether oxygens (including phenoxy) is 1. The molecule has 1 aliphatic heterocycles. The van der Waals surface area contributed by atoms with Gasteiger partial charge in [0.25, 0.3) is 0 Å². The summed E-state index contributed by atoms with van der Waals surface area (Å²) < 4.78 is 18.1. The number of hydrogen-bond donors (Lipinski definition) is 1. The predicted molar refractivity (Wildman–Crippen MR) is 52.4 cm³/mol. The summed E-state index contributed by atoms with van der Waals surface area (Å²) in [5.41, 5.74) is 1.53. The highest BCUT2D eigenvalue weighted by Crippen LogP contribution is 2.26. The summed E-state index contributed by atoms with van der Waals surface area (Å²) in [6.45, 7) is 0.629. The van der Waals surface area contributed by atoms with Crippen molar-refractivity contribution in [1.29, 1.82) is 0 Å². The van der Waals surface area contributed by atoms with Gasteiger partial charge in [-0.15, -0.1) is 0 Å². The Bertz CT molecular complexity index is 437. The van der Waals surface area contributed by atoms with E-state index in [1.54, 1.807) is 18.2 Å². The number of carbonyl (C=O) groups is 1. The third-order valence-corrected chi connectivity index (χ3v) is 2.21. The summed E-state index contributed by atoms with van der Waals surface area (Å²) in [4.78, 5) is 10.3. The Balaban J connectivity index is 2.31. The second-order valence-electron chi connectivity index (χ2n) is 3.26. The van der Waals surface area contributed by atoms with Crippen LogP contribution in [0.15, 0.2) is 24.0 Å². The van der Waals surface area contributed by atoms with Crippen molar-refractivity contribution in [2.75, 3.05) is 6.61 Å². The van der Waals surface area contributed by atoms with Gasteiger partial charge < -0.3 is 9.84 Å². The number of carboxylic acid groups (broad SMARTS) is 1. The molecule has 0 fully saturated rings. The molecule has 15 heavy (non-hydrogen) atoms. The molecule has 3 nitrogen and oxygen atoms in total. The number of halogens is 1. The largest absolute Gasteiger partial charge is 0.493 e. The van der Waals surface area contributed by atoms with Crippen molar-refractivity contribution in [3.05, 3.63) is 35.2 Å². The maximum Gasteiger partial charge on any atom is 0.364 e. The number of carboxylic acids is 1. The summed E-state index contributed by atoms with van der Waals surface area (Å²) in [7, 11) is 0. The quantitative estimate of drug-likeness (QED) is 0.756. The average Bonchev–Trinajstić information content (AvgIpc) is 2.64. The van der Waals surface area contributed by atoms with Crippen molar-refractivity contribution in [2.45, 2.75) is 6.42 Å². The molecule has 0 atom stereocenters. The lowest BCUT2D eigenvalue weighted by atomic mass is 10.1. The number of rotatable bonds is 2. The van der Waals surface area contributed by atoms with Gasteiger partial charge >= 0.3 is 5.97 Å². The highest BCUT2D eigenvalue weighted by Gasteiger charge is 2.12. The monoisotopic (exact) mass is 208 g/mol. The smallest absolute Gasteiger partial charge is 0.364 e. The Labute approximate surface area is 85.8 Å². The molecule has 78 valence electrons. The predicted octanol–water partition coefficient (Wildman–Crippen LogP) is 2.02. The van der Waals surface area contributed by atoms with Crippen molar-refractivity contribution in [2.24, 2.45) is 0 Å². The summed E-state index contributed by atoms with van der Waals surface area (Å²) in [6.07, 6.45) is 1.78. The first kappa shape index (κ1) is 9.71. The van der Waals surface area contributed by atoms with Crippen LogP contribution in [0.5, 0.6) is 5.75 Å². The standard InChI is InChI=1S/C11H9FO3/c12-9(11(13)14)6-7-1-2-10-8(5-7)3-4-15-10/h1-2,5-6H,3-4H2,(H,13,14)/b9-6-. The molecule has 0 aromatic heterocycles. The Hall–Kier alpha value is -1.84. The first-order valence-electron chi connectivity index (χ1n) is 4.53. The summed E-state index contributed by atoms with van der Waals surface area (Å²) in [5.74, 6) is -1.91. The second-order valence-corrected chi connectivity index (χ2v) is 3.26. The molecule has 1 N–H and O–H groups in total. The van der Waals surface area contributed by atoms with Crippen LogP contribution in [0.2, 0.25) is 0 Å². The minimum absolute atomic E-state index is 0.541. The van der Waals surface area contributed by atoms with Crippen LogP contribution in [-0.2, 0) is 11.2 Å². The van der Waals surface area contributed by atoms with Crippen molar-refractivity contribution < 1.29 is 19.0 Å². The molecule has 4 heteroatoms. The summed E-state index contributed by atoms with van der Waals surface area (Å²) in [6, 6.07) is 5.10. The number of aliphatic carboxylic acids is 1. The van der Waals surface area contributed by atoms with Crippen LogP contribution in [0.4, 0.5) is 4.39 Å². The lowest BCUT2D eigenvalue weighted by Crippen LogP contribution is -1.94. The fourth-order valence-electron chi connectivity index (χ4n) is 1.50. The zero-order chi connectivity index (χ0) is 10.8. The molecular formula is C11H9FO3. The molecule has 1 aliphatic rings. The van der Waals surface area contributed by atoms with E-state index in [2.05, 4.69) is 0 Å². The normalized spacial score (nSPS) is 14.6. The molecule has 0 unspecified atom stereocenters. The first-order chi connectivity index (χ1) is 7.16. The summed E-state index contributed by atoms with van der Waals surface area (Å²) in [5, 5.41) is 8.37. The van der Waals surface area contributed by atoms with Crippen molar-refractivity contribution in [3.8, 4) is 5.75 Å². The van der Waals surface area contributed by atoms with E-state index in [4.69, 9.17) is 9.84 Å². The van der Waals surface area contributed by atoms with E-state index in [-0.39, 0.29) is 0 Å². The molecule has 2 rings (SSSR count). The van der Waals surface area contributed by atoms with E-state index < -0.39 is 11.8 Å². The highest BCUT2D eigenvalue weighted by atomic mass is 19.1. The minimum atomic E-state index is -1.55. The van der Waals surface area contributed by atoms with Gasteiger partial charge in [0.1, 0.15) is 5.75 Å². The topological polar surface area (TPSA) is 46.5 Å².